The van der Waals surface area contributed by atoms with E-state index in [1.807, 2.05) is 25.1 Å². The molecule has 1 atom stereocenters. The summed E-state index contributed by atoms with van der Waals surface area (Å²) in [7, 11) is 0. The molecule has 1 aromatic carbocycles. The van der Waals surface area contributed by atoms with Crippen LogP contribution in [0.3, 0.4) is 0 Å². The molecule has 1 unspecified atom stereocenters. The van der Waals surface area contributed by atoms with Gasteiger partial charge in [-0.25, -0.2) is 0 Å². The van der Waals surface area contributed by atoms with Crippen molar-refractivity contribution in [3.8, 4) is 11.8 Å². The molecule has 1 amide bonds. The molecule has 0 aliphatic rings. The van der Waals surface area contributed by atoms with Crippen molar-refractivity contribution in [2.45, 2.75) is 40.0 Å². The van der Waals surface area contributed by atoms with Crippen LogP contribution in [0.1, 0.15) is 44.2 Å². The van der Waals surface area contributed by atoms with Gasteiger partial charge in [0.2, 0.25) is 5.91 Å². The molecule has 0 fully saturated rings. The molecular formula is C17H23NO2. The number of carbonyl (C=O) groups is 1. The Morgan fingerprint density at radius 3 is 2.80 bits per heavy atom. The average molecular weight is 273 g/mol. The van der Waals surface area contributed by atoms with Crippen molar-refractivity contribution < 1.29 is 9.90 Å². The Morgan fingerprint density at radius 2 is 2.20 bits per heavy atom. The number of benzene rings is 1. The Balaban J connectivity index is 2.68. The van der Waals surface area contributed by atoms with Crippen LogP contribution in [-0.2, 0) is 4.79 Å². The Hall–Kier alpha value is -1.79. The Kier molecular flexibility index (Phi) is 6.83. The maximum absolute atomic E-state index is 11.8. The van der Waals surface area contributed by atoms with Crippen LogP contribution in [0.15, 0.2) is 18.2 Å². The first-order valence-electron chi connectivity index (χ1n) is 7.07. The molecule has 0 bridgehead atoms. The third kappa shape index (κ3) is 5.46. The lowest BCUT2D eigenvalue weighted by molar-refractivity contribution is -0.117. The molecule has 0 saturated carbocycles. The second-order valence-corrected chi connectivity index (χ2v) is 5.07. The van der Waals surface area contributed by atoms with Crippen molar-refractivity contribution in [1.29, 1.82) is 0 Å². The van der Waals surface area contributed by atoms with Crippen molar-refractivity contribution in [2.24, 2.45) is 5.92 Å². The summed E-state index contributed by atoms with van der Waals surface area (Å²) in [5, 5.41) is 11.6. The Labute approximate surface area is 121 Å². The minimum atomic E-state index is 0.0536. The summed E-state index contributed by atoms with van der Waals surface area (Å²) in [4.78, 5) is 11.8. The van der Waals surface area contributed by atoms with E-state index >= 15 is 0 Å². The van der Waals surface area contributed by atoms with Gasteiger partial charge in [0.25, 0.3) is 0 Å². The molecule has 1 rings (SSSR count). The fraction of sp³-hybridized carbons (Fsp3) is 0.471. The zero-order chi connectivity index (χ0) is 15.0. The van der Waals surface area contributed by atoms with E-state index in [1.54, 1.807) is 0 Å². The lowest BCUT2D eigenvalue weighted by atomic mass is 10.0. The number of aliphatic hydroxyl groups excluding tert-OH is 1. The summed E-state index contributed by atoms with van der Waals surface area (Å²) in [6.45, 7) is 6.20. The van der Waals surface area contributed by atoms with Gasteiger partial charge in [0.05, 0.1) is 6.61 Å². The Morgan fingerprint density at radius 1 is 1.45 bits per heavy atom. The number of nitrogens with one attached hydrogen (secondary N) is 1. The molecule has 1 aromatic rings. The summed E-state index contributed by atoms with van der Waals surface area (Å²) in [5.74, 6) is 6.37. The van der Waals surface area contributed by atoms with Gasteiger partial charge in [0, 0.05) is 24.1 Å². The van der Waals surface area contributed by atoms with Gasteiger partial charge in [0.15, 0.2) is 0 Å². The smallest absolute Gasteiger partial charge is 0.224 e. The van der Waals surface area contributed by atoms with E-state index in [0.717, 1.165) is 23.2 Å². The molecule has 0 saturated heterocycles. The van der Waals surface area contributed by atoms with Gasteiger partial charge >= 0.3 is 0 Å². The number of aryl methyl sites for hydroxylation is 1. The van der Waals surface area contributed by atoms with E-state index in [4.69, 9.17) is 5.11 Å². The second kappa shape index (κ2) is 8.39. The van der Waals surface area contributed by atoms with Crippen LogP contribution >= 0.6 is 0 Å². The number of aliphatic hydroxyl groups is 1. The molecule has 2 N–H and O–H groups in total. The van der Waals surface area contributed by atoms with Crippen molar-refractivity contribution >= 4 is 11.6 Å². The molecule has 3 heteroatoms. The van der Waals surface area contributed by atoms with Crippen molar-refractivity contribution in [3.63, 3.8) is 0 Å². The normalized spacial score (nSPS) is 11.4. The number of hydrogen-bond acceptors (Lipinski definition) is 2. The SMILES string of the molecule is CCC(C)CC(=O)Nc1ccc(C#CCCO)c(C)c1. The molecule has 3 nitrogen and oxygen atoms in total. The van der Waals surface area contributed by atoms with Gasteiger partial charge in [-0.05, 0) is 36.6 Å². The second-order valence-electron chi connectivity index (χ2n) is 5.07. The highest BCUT2D eigenvalue weighted by Crippen LogP contribution is 2.16. The van der Waals surface area contributed by atoms with Gasteiger partial charge < -0.3 is 10.4 Å². The van der Waals surface area contributed by atoms with E-state index in [1.165, 1.54) is 0 Å². The first-order chi connectivity index (χ1) is 9.56. The zero-order valence-electron chi connectivity index (χ0n) is 12.5. The quantitative estimate of drug-likeness (QED) is 0.810. The zero-order valence-corrected chi connectivity index (χ0v) is 12.5. The number of rotatable bonds is 5. The van der Waals surface area contributed by atoms with E-state index in [2.05, 4.69) is 31.0 Å². The maximum Gasteiger partial charge on any atom is 0.224 e. The van der Waals surface area contributed by atoms with Gasteiger partial charge in [-0.15, -0.1) is 0 Å². The average Bonchev–Trinajstić information content (AvgIpc) is 2.41. The molecular weight excluding hydrogens is 250 g/mol. The molecule has 0 aliphatic carbocycles. The van der Waals surface area contributed by atoms with Crippen LogP contribution < -0.4 is 5.32 Å². The van der Waals surface area contributed by atoms with Crippen LogP contribution in [0.25, 0.3) is 0 Å². The Bertz CT molecular complexity index is 511. The van der Waals surface area contributed by atoms with Crippen LogP contribution in [0.5, 0.6) is 0 Å². The lowest BCUT2D eigenvalue weighted by Crippen LogP contribution is -2.14. The van der Waals surface area contributed by atoms with Gasteiger partial charge in [0.1, 0.15) is 0 Å². The monoisotopic (exact) mass is 273 g/mol. The third-order valence-corrected chi connectivity index (χ3v) is 3.20. The predicted octanol–water partition coefficient (Wildman–Crippen LogP) is 3.10. The highest BCUT2D eigenvalue weighted by Gasteiger charge is 2.08. The van der Waals surface area contributed by atoms with E-state index in [-0.39, 0.29) is 12.5 Å². The summed E-state index contributed by atoms with van der Waals surface area (Å²) >= 11 is 0. The van der Waals surface area contributed by atoms with Crippen molar-refractivity contribution in [2.75, 3.05) is 11.9 Å². The molecule has 0 aromatic heterocycles. The van der Waals surface area contributed by atoms with E-state index in [9.17, 15) is 4.79 Å². The molecule has 20 heavy (non-hydrogen) atoms. The molecule has 0 heterocycles. The van der Waals surface area contributed by atoms with Crippen LogP contribution in [0.4, 0.5) is 5.69 Å². The van der Waals surface area contributed by atoms with Gasteiger partial charge in [-0.1, -0.05) is 32.1 Å². The molecule has 108 valence electrons. The largest absolute Gasteiger partial charge is 0.395 e. The first kappa shape index (κ1) is 16.3. The van der Waals surface area contributed by atoms with Crippen LogP contribution in [0, 0.1) is 24.7 Å². The standard InChI is InChI=1S/C17H23NO2/c1-4-13(2)11-17(20)18-16-9-8-15(14(3)12-16)7-5-6-10-19/h8-9,12-13,19H,4,6,10-11H2,1-3H3,(H,18,20). The van der Waals surface area contributed by atoms with Gasteiger partial charge in [-0.3, -0.25) is 4.79 Å². The third-order valence-electron chi connectivity index (χ3n) is 3.20. The highest BCUT2D eigenvalue weighted by molar-refractivity contribution is 5.91. The first-order valence-corrected chi connectivity index (χ1v) is 7.07. The molecule has 0 radical (unpaired) electrons. The van der Waals surface area contributed by atoms with E-state index < -0.39 is 0 Å². The number of carbonyl (C=O) groups excluding carboxylic acids is 1. The molecule has 0 aliphatic heterocycles. The summed E-state index contributed by atoms with van der Waals surface area (Å²) in [6, 6.07) is 5.69. The summed E-state index contributed by atoms with van der Waals surface area (Å²) < 4.78 is 0. The topological polar surface area (TPSA) is 49.3 Å². The number of anilines is 1. The number of amides is 1. The minimum absolute atomic E-state index is 0.0536. The fourth-order valence-electron chi connectivity index (χ4n) is 1.77. The fourth-order valence-corrected chi connectivity index (χ4v) is 1.77. The van der Waals surface area contributed by atoms with Crippen LogP contribution in [0.2, 0.25) is 0 Å². The molecule has 0 spiro atoms. The van der Waals surface area contributed by atoms with Gasteiger partial charge in [-0.2, -0.15) is 0 Å². The van der Waals surface area contributed by atoms with Crippen molar-refractivity contribution in [1.82, 2.24) is 0 Å². The minimum Gasteiger partial charge on any atom is -0.395 e. The summed E-state index contributed by atoms with van der Waals surface area (Å²) in [5.41, 5.74) is 2.76. The van der Waals surface area contributed by atoms with Crippen LogP contribution in [-0.4, -0.2) is 17.6 Å². The maximum atomic E-state index is 11.8. The lowest BCUT2D eigenvalue weighted by Gasteiger charge is -2.10. The predicted molar refractivity (Wildman–Crippen MR) is 82.5 cm³/mol. The van der Waals surface area contributed by atoms with Crippen molar-refractivity contribution in [3.05, 3.63) is 29.3 Å². The van der Waals surface area contributed by atoms with E-state index in [0.29, 0.717) is 18.8 Å². The highest BCUT2D eigenvalue weighted by atomic mass is 16.2. The summed E-state index contributed by atoms with van der Waals surface area (Å²) in [6.07, 6.45) is 2.03. The number of hydrogen-bond donors (Lipinski definition) is 2.